The number of imidazole rings is 1. The number of nitrogens with zero attached hydrogens (tertiary/aromatic N) is 2. The van der Waals surface area contributed by atoms with Gasteiger partial charge in [-0.15, -0.1) is 0 Å². The van der Waals surface area contributed by atoms with Crippen LogP contribution in [0.15, 0.2) is 42.7 Å². The molecule has 3 heteroatoms. The van der Waals surface area contributed by atoms with E-state index in [1.165, 1.54) is 11.1 Å². The predicted octanol–water partition coefficient (Wildman–Crippen LogP) is 2.86. The smallest absolute Gasteiger partial charge is 0.111 e. The Labute approximate surface area is 99.5 Å². The van der Waals surface area contributed by atoms with Crippen molar-refractivity contribution in [2.45, 2.75) is 13.3 Å². The van der Waals surface area contributed by atoms with Crippen molar-refractivity contribution < 1.29 is 0 Å². The van der Waals surface area contributed by atoms with Crippen LogP contribution in [0.2, 0.25) is 0 Å². The quantitative estimate of drug-likeness (QED) is 0.725. The van der Waals surface area contributed by atoms with Crippen LogP contribution in [0.4, 0.5) is 0 Å². The molecule has 84 valence electrons. The number of aromatic amines is 1. The summed E-state index contributed by atoms with van der Waals surface area (Å²) in [6.45, 7) is 2.08. The van der Waals surface area contributed by atoms with Crippen molar-refractivity contribution in [3.05, 3.63) is 59.7 Å². The zero-order valence-corrected chi connectivity index (χ0v) is 9.64. The lowest BCUT2D eigenvalue weighted by Crippen LogP contribution is -1.90. The third kappa shape index (κ3) is 1.91. The van der Waals surface area contributed by atoms with E-state index in [-0.39, 0.29) is 0 Å². The molecule has 2 heterocycles. The van der Waals surface area contributed by atoms with Crippen molar-refractivity contribution in [2.75, 3.05) is 0 Å². The number of aromatic nitrogens is 3. The van der Waals surface area contributed by atoms with Crippen LogP contribution in [-0.4, -0.2) is 15.0 Å². The molecule has 0 saturated heterocycles. The third-order valence-electron chi connectivity index (χ3n) is 2.86. The number of H-pyrrole nitrogens is 1. The fourth-order valence-electron chi connectivity index (χ4n) is 2.01. The van der Waals surface area contributed by atoms with Crippen molar-refractivity contribution in [1.29, 1.82) is 0 Å². The van der Waals surface area contributed by atoms with E-state index in [2.05, 4.69) is 40.1 Å². The number of para-hydroxylation sites is 1. The summed E-state index contributed by atoms with van der Waals surface area (Å²) < 4.78 is 0. The van der Waals surface area contributed by atoms with Crippen LogP contribution < -0.4 is 0 Å². The van der Waals surface area contributed by atoms with Gasteiger partial charge in [-0.25, -0.2) is 4.98 Å². The molecule has 0 bridgehead atoms. The van der Waals surface area contributed by atoms with E-state index < -0.39 is 0 Å². The number of benzene rings is 1. The first-order chi connectivity index (χ1) is 8.33. The van der Waals surface area contributed by atoms with Crippen molar-refractivity contribution in [2.24, 2.45) is 0 Å². The summed E-state index contributed by atoms with van der Waals surface area (Å²) >= 11 is 0. The van der Waals surface area contributed by atoms with Crippen molar-refractivity contribution in [1.82, 2.24) is 15.0 Å². The maximum atomic E-state index is 4.62. The van der Waals surface area contributed by atoms with Crippen LogP contribution in [0.25, 0.3) is 11.0 Å². The molecule has 0 unspecified atom stereocenters. The molecular formula is C14H13N3. The van der Waals surface area contributed by atoms with Crippen molar-refractivity contribution in [3.8, 4) is 0 Å². The molecule has 3 rings (SSSR count). The monoisotopic (exact) mass is 223 g/mol. The molecule has 3 nitrogen and oxygen atoms in total. The Balaban J connectivity index is 1.99. The van der Waals surface area contributed by atoms with Crippen LogP contribution in [0.5, 0.6) is 0 Å². The zero-order valence-electron chi connectivity index (χ0n) is 9.64. The van der Waals surface area contributed by atoms with Crippen LogP contribution in [0, 0.1) is 6.92 Å². The van der Waals surface area contributed by atoms with Crippen LogP contribution in [0.1, 0.15) is 17.0 Å². The van der Waals surface area contributed by atoms with Gasteiger partial charge in [0, 0.05) is 18.8 Å². The average molecular weight is 223 g/mol. The second-order valence-corrected chi connectivity index (χ2v) is 4.19. The number of hydrogen-bond donors (Lipinski definition) is 1. The molecular weight excluding hydrogens is 210 g/mol. The lowest BCUT2D eigenvalue weighted by Gasteiger charge is -1.95. The number of aryl methyl sites for hydroxylation is 1. The van der Waals surface area contributed by atoms with E-state index in [0.717, 1.165) is 23.3 Å². The van der Waals surface area contributed by atoms with Gasteiger partial charge in [0.1, 0.15) is 5.82 Å². The van der Waals surface area contributed by atoms with Gasteiger partial charge in [-0.3, -0.25) is 4.98 Å². The summed E-state index contributed by atoms with van der Waals surface area (Å²) in [5.41, 5.74) is 4.54. The molecule has 0 fully saturated rings. The zero-order chi connectivity index (χ0) is 11.7. The van der Waals surface area contributed by atoms with E-state index in [0.29, 0.717) is 0 Å². The summed E-state index contributed by atoms with van der Waals surface area (Å²) in [6, 6.07) is 10.2. The highest BCUT2D eigenvalue weighted by atomic mass is 14.9. The molecule has 0 amide bonds. The molecule has 0 spiro atoms. The predicted molar refractivity (Wildman–Crippen MR) is 67.9 cm³/mol. The first-order valence-corrected chi connectivity index (χ1v) is 5.66. The molecule has 17 heavy (non-hydrogen) atoms. The third-order valence-corrected chi connectivity index (χ3v) is 2.86. The highest BCUT2D eigenvalue weighted by Crippen LogP contribution is 2.16. The minimum Gasteiger partial charge on any atom is -0.342 e. The first kappa shape index (κ1) is 10.0. The Kier molecular flexibility index (Phi) is 2.37. The number of hydrogen-bond acceptors (Lipinski definition) is 2. The van der Waals surface area contributed by atoms with Crippen molar-refractivity contribution in [3.63, 3.8) is 0 Å². The van der Waals surface area contributed by atoms with Crippen LogP contribution in [0.3, 0.4) is 0 Å². The minimum atomic E-state index is 0.794. The topological polar surface area (TPSA) is 41.6 Å². The Morgan fingerprint density at radius 1 is 1.18 bits per heavy atom. The second-order valence-electron chi connectivity index (χ2n) is 4.19. The van der Waals surface area contributed by atoms with Crippen LogP contribution in [-0.2, 0) is 6.42 Å². The molecule has 0 saturated carbocycles. The number of nitrogens with one attached hydrogen (secondary N) is 1. The number of fused-ring (bicyclic) bond motifs is 1. The lowest BCUT2D eigenvalue weighted by molar-refractivity contribution is 1.02. The fraction of sp³-hybridized carbons (Fsp3) is 0.143. The maximum absolute atomic E-state index is 4.62. The molecule has 0 radical (unpaired) electrons. The second kappa shape index (κ2) is 4.01. The molecule has 0 aliphatic heterocycles. The van der Waals surface area contributed by atoms with Gasteiger partial charge in [-0.05, 0) is 30.2 Å². The molecule has 3 aromatic rings. The molecule has 0 aliphatic rings. The van der Waals surface area contributed by atoms with Crippen LogP contribution >= 0.6 is 0 Å². The minimum absolute atomic E-state index is 0.794. The van der Waals surface area contributed by atoms with Gasteiger partial charge in [-0.2, -0.15) is 0 Å². The molecule has 2 aromatic heterocycles. The average Bonchev–Trinajstić information content (AvgIpc) is 2.74. The standard InChI is InChI=1S/C14H13N3/c1-10-4-2-6-12-14(10)17-13(16-12)8-11-5-3-7-15-9-11/h2-7,9H,8H2,1H3,(H,16,17). The van der Waals surface area contributed by atoms with Gasteiger partial charge in [0.15, 0.2) is 0 Å². The van der Waals surface area contributed by atoms with Gasteiger partial charge in [-0.1, -0.05) is 18.2 Å². The Bertz CT molecular complexity index is 641. The maximum Gasteiger partial charge on any atom is 0.111 e. The van der Waals surface area contributed by atoms with E-state index >= 15 is 0 Å². The highest BCUT2D eigenvalue weighted by molar-refractivity contribution is 5.78. The molecule has 0 aliphatic carbocycles. The van der Waals surface area contributed by atoms with Gasteiger partial charge < -0.3 is 4.98 Å². The summed E-state index contributed by atoms with van der Waals surface area (Å²) in [6.07, 6.45) is 4.45. The van der Waals surface area contributed by atoms with E-state index in [9.17, 15) is 0 Å². The van der Waals surface area contributed by atoms with Gasteiger partial charge in [0.25, 0.3) is 0 Å². The summed E-state index contributed by atoms with van der Waals surface area (Å²) in [5.74, 6) is 0.988. The SMILES string of the molecule is Cc1cccc2[nH]c(Cc3cccnc3)nc12. The van der Waals surface area contributed by atoms with E-state index in [1.807, 2.05) is 18.3 Å². The molecule has 0 atom stereocenters. The van der Waals surface area contributed by atoms with Crippen molar-refractivity contribution >= 4 is 11.0 Å². The van der Waals surface area contributed by atoms with Gasteiger partial charge in [0.2, 0.25) is 0 Å². The Morgan fingerprint density at radius 3 is 2.88 bits per heavy atom. The van der Waals surface area contributed by atoms with E-state index in [1.54, 1.807) is 6.20 Å². The molecule has 1 aromatic carbocycles. The molecule has 1 N–H and O–H groups in total. The Morgan fingerprint density at radius 2 is 2.12 bits per heavy atom. The largest absolute Gasteiger partial charge is 0.342 e. The summed E-state index contributed by atoms with van der Waals surface area (Å²) in [5, 5.41) is 0. The number of pyridine rings is 1. The highest BCUT2D eigenvalue weighted by Gasteiger charge is 2.05. The Hall–Kier alpha value is -2.16. The summed E-state index contributed by atoms with van der Waals surface area (Å²) in [4.78, 5) is 12.1. The first-order valence-electron chi connectivity index (χ1n) is 5.66. The van der Waals surface area contributed by atoms with E-state index in [4.69, 9.17) is 0 Å². The summed E-state index contributed by atoms with van der Waals surface area (Å²) in [7, 11) is 0. The fourth-order valence-corrected chi connectivity index (χ4v) is 2.01. The lowest BCUT2D eigenvalue weighted by atomic mass is 10.2. The van der Waals surface area contributed by atoms with Gasteiger partial charge in [0.05, 0.1) is 11.0 Å². The normalized spacial score (nSPS) is 10.9. The number of rotatable bonds is 2. The van der Waals surface area contributed by atoms with Gasteiger partial charge >= 0.3 is 0 Å².